The Morgan fingerprint density at radius 2 is 2.10 bits per heavy atom. The van der Waals surface area contributed by atoms with E-state index in [0.29, 0.717) is 23.1 Å². The predicted octanol–water partition coefficient (Wildman–Crippen LogP) is 4.05. The van der Waals surface area contributed by atoms with E-state index in [-0.39, 0.29) is 5.69 Å². The van der Waals surface area contributed by atoms with Crippen LogP contribution in [0.3, 0.4) is 0 Å². The van der Waals surface area contributed by atoms with Crippen LogP contribution in [0.5, 0.6) is 0 Å². The van der Waals surface area contributed by atoms with Crippen molar-refractivity contribution in [2.45, 2.75) is 13.8 Å². The van der Waals surface area contributed by atoms with E-state index in [2.05, 4.69) is 10.3 Å². The number of hydrogen-bond acceptors (Lipinski definition) is 4. The average molecular weight is 292 g/mol. The van der Waals surface area contributed by atoms with Crippen LogP contribution in [0.1, 0.15) is 12.5 Å². The fraction of sp³-hybridized carbons (Fsp3) is 0.214. The van der Waals surface area contributed by atoms with Gasteiger partial charge in [-0.25, -0.2) is 4.98 Å². The minimum atomic E-state index is -0.429. The summed E-state index contributed by atoms with van der Waals surface area (Å²) in [5, 5.41) is 14.6. The molecule has 0 saturated heterocycles. The van der Waals surface area contributed by atoms with Crippen molar-refractivity contribution in [1.29, 1.82) is 0 Å². The maximum atomic E-state index is 11.0. The van der Waals surface area contributed by atoms with E-state index in [9.17, 15) is 10.1 Å². The Morgan fingerprint density at radius 3 is 2.70 bits per heavy atom. The van der Waals surface area contributed by atoms with Crippen LogP contribution in [0.2, 0.25) is 5.02 Å². The topological polar surface area (TPSA) is 68.1 Å². The summed E-state index contributed by atoms with van der Waals surface area (Å²) < 4.78 is 0. The number of anilines is 1. The number of nitro groups is 1. The summed E-state index contributed by atoms with van der Waals surface area (Å²) in [7, 11) is 0. The number of hydrogen-bond donors (Lipinski definition) is 1. The second-order valence-corrected chi connectivity index (χ2v) is 4.75. The first-order valence-corrected chi connectivity index (χ1v) is 6.56. The molecule has 1 N–H and O–H groups in total. The van der Waals surface area contributed by atoms with Gasteiger partial charge in [-0.2, -0.15) is 0 Å². The van der Waals surface area contributed by atoms with Crippen LogP contribution < -0.4 is 5.32 Å². The normalized spacial score (nSPS) is 10.3. The molecule has 0 amide bonds. The molecule has 2 aromatic rings. The molecule has 0 spiro atoms. The number of nitrogens with zero attached hydrogens (tertiary/aromatic N) is 2. The zero-order chi connectivity index (χ0) is 14.7. The number of pyridine rings is 1. The number of nitrogens with one attached hydrogen (secondary N) is 1. The summed E-state index contributed by atoms with van der Waals surface area (Å²) in [6.07, 6.45) is 0. The molecule has 0 aliphatic rings. The molecule has 20 heavy (non-hydrogen) atoms. The van der Waals surface area contributed by atoms with Crippen molar-refractivity contribution in [3.05, 3.63) is 51.0 Å². The molecule has 0 unspecified atom stereocenters. The van der Waals surface area contributed by atoms with Gasteiger partial charge in [-0.1, -0.05) is 23.7 Å². The van der Waals surface area contributed by atoms with E-state index in [1.165, 1.54) is 12.1 Å². The Balaban J connectivity index is 2.53. The lowest BCUT2D eigenvalue weighted by molar-refractivity contribution is -0.384. The molecule has 1 aromatic carbocycles. The third-order valence-electron chi connectivity index (χ3n) is 2.85. The van der Waals surface area contributed by atoms with Crippen molar-refractivity contribution in [2.75, 3.05) is 11.9 Å². The molecule has 6 heteroatoms. The Bertz CT molecular complexity index is 659. The fourth-order valence-corrected chi connectivity index (χ4v) is 1.97. The number of rotatable bonds is 4. The van der Waals surface area contributed by atoms with Gasteiger partial charge in [0.1, 0.15) is 5.82 Å². The Kier molecular flexibility index (Phi) is 4.20. The van der Waals surface area contributed by atoms with Crippen molar-refractivity contribution in [1.82, 2.24) is 4.98 Å². The smallest absolute Gasteiger partial charge is 0.275 e. The minimum Gasteiger partial charge on any atom is -0.370 e. The number of halogens is 1. The van der Waals surface area contributed by atoms with Gasteiger partial charge < -0.3 is 5.32 Å². The standard InChI is InChI=1S/C14H14ClN3O2/c1-3-16-14-8-11(18(19)20)7-13(17-14)10-5-4-9(2)12(15)6-10/h4-8H,3H2,1-2H3,(H,16,17). The van der Waals surface area contributed by atoms with E-state index in [1.807, 2.05) is 26.0 Å². The van der Waals surface area contributed by atoms with Crippen LogP contribution in [0, 0.1) is 17.0 Å². The first-order valence-electron chi connectivity index (χ1n) is 6.18. The summed E-state index contributed by atoms with van der Waals surface area (Å²) in [6, 6.07) is 8.34. The molecule has 2 rings (SSSR count). The highest BCUT2D eigenvalue weighted by atomic mass is 35.5. The van der Waals surface area contributed by atoms with Crippen LogP contribution >= 0.6 is 11.6 Å². The first-order chi connectivity index (χ1) is 9.51. The van der Waals surface area contributed by atoms with E-state index >= 15 is 0 Å². The molecule has 1 aromatic heterocycles. The molecule has 0 atom stereocenters. The summed E-state index contributed by atoms with van der Waals surface area (Å²) in [5.41, 5.74) is 2.23. The number of aryl methyl sites for hydroxylation is 1. The van der Waals surface area contributed by atoms with Crippen molar-refractivity contribution in [2.24, 2.45) is 0 Å². The molecule has 104 valence electrons. The van der Waals surface area contributed by atoms with Gasteiger partial charge in [0.15, 0.2) is 0 Å². The monoisotopic (exact) mass is 291 g/mol. The molecule has 0 bridgehead atoms. The lowest BCUT2D eigenvalue weighted by Crippen LogP contribution is -2.01. The van der Waals surface area contributed by atoms with Gasteiger partial charge in [0.2, 0.25) is 0 Å². The third kappa shape index (κ3) is 3.05. The van der Waals surface area contributed by atoms with Crippen LogP contribution in [-0.2, 0) is 0 Å². The highest BCUT2D eigenvalue weighted by Crippen LogP contribution is 2.28. The quantitative estimate of drug-likeness (QED) is 0.681. The summed E-state index contributed by atoms with van der Waals surface area (Å²) in [6.45, 7) is 4.45. The van der Waals surface area contributed by atoms with Crippen molar-refractivity contribution in [3.8, 4) is 11.3 Å². The second-order valence-electron chi connectivity index (χ2n) is 4.35. The van der Waals surface area contributed by atoms with Crippen molar-refractivity contribution < 1.29 is 4.92 Å². The average Bonchev–Trinajstić information content (AvgIpc) is 2.42. The third-order valence-corrected chi connectivity index (χ3v) is 3.25. The predicted molar refractivity (Wildman–Crippen MR) is 80.2 cm³/mol. The van der Waals surface area contributed by atoms with Crippen LogP contribution in [0.25, 0.3) is 11.3 Å². The summed E-state index contributed by atoms with van der Waals surface area (Å²) in [5.74, 6) is 0.480. The Labute approximate surface area is 121 Å². The molecule has 0 radical (unpaired) electrons. The van der Waals surface area contributed by atoms with Gasteiger partial charge in [-0.15, -0.1) is 0 Å². The number of aromatic nitrogens is 1. The van der Waals surface area contributed by atoms with Gasteiger partial charge in [-0.05, 0) is 25.5 Å². The molecular weight excluding hydrogens is 278 g/mol. The minimum absolute atomic E-state index is 0.00245. The van der Waals surface area contributed by atoms with Crippen molar-refractivity contribution >= 4 is 23.1 Å². The maximum absolute atomic E-state index is 11.0. The van der Waals surface area contributed by atoms with Gasteiger partial charge in [0.05, 0.1) is 16.7 Å². The van der Waals surface area contributed by atoms with Gasteiger partial charge in [-0.3, -0.25) is 10.1 Å². The van der Waals surface area contributed by atoms with Crippen LogP contribution in [0.15, 0.2) is 30.3 Å². The zero-order valence-electron chi connectivity index (χ0n) is 11.2. The van der Waals surface area contributed by atoms with Crippen LogP contribution in [-0.4, -0.2) is 16.5 Å². The molecule has 0 aliphatic heterocycles. The molecule has 0 aliphatic carbocycles. The Morgan fingerprint density at radius 1 is 1.35 bits per heavy atom. The highest BCUT2D eigenvalue weighted by molar-refractivity contribution is 6.31. The van der Waals surface area contributed by atoms with E-state index < -0.39 is 4.92 Å². The molecule has 0 fully saturated rings. The molecule has 0 saturated carbocycles. The SMILES string of the molecule is CCNc1cc([N+](=O)[O-])cc(-c2ccc(C)c(Cl)c2)n1. The first kappa shape index (κ1) is 14.3. The van der Waals surface area contributed by atoms with E-state index in [1.54, 1.807) is 6.07 Å². The van der Waals surface area contributed by atoms with E-state index in [4.69, 9.17) is 11.6 Å². The molecule has 1 heterocycles. The summed E-state index contributed by atoms with van der Waals surface area (Å²) >= 11 is 6.09. The highest BCUT2D eigenvalue weighted by Gasteiger charge is 2.12. The van der Waals surface area contributed by atoms with Crippen LogP contribution in [0.4, 0.5) is 11.5 Å². The van der Waals surface area contributed by atoms with Crippen molar-refractivity contribution in [3.63, 3.8) is 0 Å². The number of benzene rings is 1. The molecule has 5 nitrogen and oxygen atoms in total. The molecular formula is C14H14ClN3O2. The van der Waals surface area contributed by atoms with Gasteiger partial charge in [0.25, 0.3) is 5.69 Å². The van der Waals surface area contributed by atoms with E-state index in [0.717, 1.165) is 11.1 Å². The lowest BCUT2D eigenvalue weighted by Gasteiger charge is -2.07. The Hall–Kier alpha value is -2.14. The maximum Gasteiger partial charge on any atom is 0.275 e. The largest absolute Gasteiger partial charge is 0.370 e. The fourth-order valence-electron chi connectivity index (χ4n) is 1.79. The second kappa shape index (κ2) is 5.88. The zero-order valence-corrected chi connectivity index (χ0v) is 11.9. The lowest BCUT2D eigenvalue weighted by atomic mass is 10.1. The summed E-state index contributed by atoms with van der Waals surface area (Å²) in [4.78, 5) is 14.9. The van der Waals surface area contributed by atoms with Gasteiger partial charge in [0, 0.05) is 23.2 Å². The van der Waals surface area contributed by atoms with Gasteiger partial charge >= 0.3 is 0 Å².